The van der Waals surface area contributed by atoms with Crippen molar-refractivity contribution in [3.05, 3.63) is 23.3 Å². The fourth-order valence-corrected chi connectivity index (χ4v) is 2.38. The molecule has 2 heterocycles. The molecule has 6 heteroatoms. The topological polar surface area (TPSA) is 72.2 Å². The molecular formula is C14H21N5O. The van der Waals surface area contributed by atoms with E-state index in [9.17, 15) is 4.79 Å². The Morgan fingerprint density at radius 1 is 1.30 bits per heavy atom. The summed E-state index contributed by atoms with van der Waals surface area (Å²) in [5, 5.41) is 11.1. The number of nitrogens with zero attached hydrogens (tertiary/aromatic N) is 4. The molecule has 0 aliphatic heterocycles. The van der Waals surface area contributed by atoms with Crippen molar-refractivity contribution in [1.29, 1.82) is 0 Å². The van der Waals surface area contributed by atoms with Gasteiger partial charge in [-0.25, -0.2) is 4.98 Å². The molecule has 0 radical (unpaired) electrons. The van der Waals surface area contributed by atoms with E-state index >= 15 is 0 Å². The summed E-state index contributed by atoms with van der Waals surface area (Å²) in [5.41, 5.74) is 1.93. The number of aromatic nitrogens is 4. The van der Waals surface area contributed by atoms with Gasteiger partial charge in [0, 0.05) is 17.3 Å². The molecule has 2 aromatic rings. The number of hydrogen-bond acceptors (Lipinski definition) is 4. The first-order chi connectivity index (χ1) is 9.56. The lowest BCUT2D eigenvalue weighted by Crippen LogP contribution is -2.30. The molecule has 20 heavy (non-hydrogen) atoms. The Morgan fingerprint density at radius 2 is 2.00 bits per heavy atom. The molecule has 0 bridgehead atoms. The lowest BCUT2D eigenvalue weighted by molar-refractivity contribution is -0.125. The van der Waals surface area contributed by atoms with Gasteiger partial charge < -0.3 is 5.32 Å². The largest absolute Gasteiger partial charge is 0.349 e. The molecule has 1 N–H and O–H groups in total. The summed E-state index contributed by atoms with van der Waals surface area (Å²) >= 11 is 0. The Balaban J connectivity index is 2.17. The number of carbonyl (C=O) groups excluding carboxylic acids is 1. The van der Waals surface area contributed by atoms with Crippen LogP contribution in [0.3, 0.4) is 0 Å². The molecule has 0 spiro atoms. The molecule has 0 aromatic carbocycles. The third kappa shape index (κ3) is 2.79. The summed E-state index contributed by atoms with van der Waals surface area (Å²) in [6.45, 7) is 8.34. The molecule has 0 saturated carbocycles. The normalized spacial score (nSPS) is 11.2. The predicted octanol–water partition coefficient (Wildman–Crippen LogP) is 1.79. The van der Waals surface area contributed by atoms with Crippen LogP contribution in [-0.2, 0) is 11.3 Å². The Bertz CT molecular complexity index is 615. The van der Waals surface area contributed by atoms with Crippen molar-refractivity contribution < 1.29 is 4.79 Å². The van der Waals surface area contributed by atoms with Crippen molar-refractivity contribution in [3.63, 3.8) is 0 Å². The van der Waals surface area contributed by atoms with E-state index in [1.165, 1.54) is 0 Å². The number of aryl methyl sites for hydroxylation is 2. The highest BCUT2D eigenvalue weighted by atomic mass is 16.1. The van der Waals surface area contributed by atoms with Gasteiger partial charge in [0.05, 0.1) is 6.54 Å². The summed E-state index contributed by atoms with van der Waals surface area (Å²) in [6.07, 6.45) is 1.70. The molecule has 0 aliphatic carbocycles. The highest BCUT2D eigenvalue weighted by Gasteiger charge is 2.15. The summed E-state index contributed by atoms with van der Waals surface area (Å²) in [7, 11) is 0. The summed E-state index contributed by atoms with van der Waals surface area (Å²) in [6, 6.07) is 1.97. The molecule has 1 amide bonds. The fourth-order valence-electron chi connectivity index (χ4n) is 2.38. The molecule has 0 aliphatic rings. The summed E-state index contributed by atoms with van der Waals surface area (Å²) in [4.78, 5) is 16.3. The molecule has 0 unspecified atom stereocenters. The second-order valence-corrected chi connectivity index (χ2v) is 5.02. The van der Waals surface area contributed by atoms with Crippen LogP contribution in [0.15, 0.2) is 6.07 Å². The van der Waals surface area contributed by atoms with E-state index in [1.54, 1.807) is 0 Å². The van der Waals surface area contributed by atoms with Crippen LogP contribution in [0.4, 0.5) is 0 Å². The number of amides is 1. The number of nitrogens with one attached hydrogen (secondary N) is 1. The third-order valence-corrected chi connectivity index (χ3v) is 3.54. The van der Waals surface area contributed by atoms with Gasteiger partial charge in [-0.3, -0.25) is 9.20 Å². The zero-order chi connectivity index (χ0) is 14.7. The Labute approximate surface area is 118 Å². The monoisotopic (exact) mass is 275 g/mol. The Hall–Kier alpha value is -1.98. The molecule has 2 rings (SSSR count). The molecule has 6 nitrogen and oxygen atoms in total. The minimum absolute atomic E-state index is 0.0654. The van der Waals surface area contributed by atoms with Gasteiger partial charge in [0.1, 0.15) is 0 Å². The number of rotatable bonds is 5. The van der Waals surface area contributed by atoms with E-state index in [1.807, 2.05) is 38.2 Å². The van der Waals surface area contributed by atoms with Gasteiger partial charge >= 0.3 is 0 Å². The minimum Gasteiger partial charge on any atom is -0.349 e. The molecule has 0 fully saturated rings. The van der Waals surface area contributed by atoms with Crippen molar-refractivity contribution in [2.24, 2.45) is 5.92 Å². The van der Waals surface area contributed by atoms with E-state index in [2.05, 4.69) is 20.5 Å². The minimum atomic E-state index is 0.0654. The summed E-state index contributed by atoms with van der Waals surface area (Å²) < 4.78 is 1.88. The highest BCUT2D eigenvalue weighted by molar-refractivity contribution is 5.78. The van der Waals surface area contributed by atoms with Crippen LogP contribution in [0.1, 0.15) is 43.9 Å². The van der Waals surface area contributed by atoms with Crippen LogP contribution < -0.4 is 5.32 Å². The molecule has 108 valence electrons. The van der Waals surface area contributed by atoms with E-state index in [4.69, 9.17) is 0 Å². The summed E-state index contributed by atoms with van der Waals surface area (Å²) in [5.74, 6) is 1.43. The second kappa shape index (κ2) is 5.98. The van der Waals surface area contributed by atoms with Crippen molar-refractivity contribution in [3.8, 4) is 0 Å². The molecule has 2 aromatic heterocycles. The lowest BCUT2D eigenvalue weighted by atomic mass is 10.0. The van der Waals surface area contributed by atoms with Gasteiger partial charge in [0.2, 0.25) is 5.91 Å². The van der Waals surface area contributed by atoms with Crippen molar-refractivity contribution in [2.75, 3.05) is 0 Å². The van der Waals surface area contributed by atoms with Crippen LogP contribution in [-0.4, -0.2) is 25.5 Å². The highest BCUT2D eigenvalue weighted by Crippen LogP contribution is 2.10. The number of fused-ring (bicyclic) bond motifs is 1. The van der Waals surface area contributed by atoms with E-state index < -0.39 is 0 Å². The van der Waals surface area contributed by atoms with E-state index in [0.717, 1.165) is 24.2 Å². The first-order valence-electron chi connectivity index (χ1n) is 7.02. The smallest absolute Gasteiger partial charge is 0.255 e. The zero-order valence-electron chi connectivity index (χ0n) is 12.5. The second-order valence-electron chi connectivity index (χ2n) is 5.02. The number of hydrogen-bond donors (Lipinski definition) is 1. The van der Waals surface area contributed by atoms with Gasteiger partial charge in [-0.15, -0.1) is 10.2 Å². The van der Waals surface area contributed by atoms with Gasteiger partial charge in [-0.05, 0) is 32.8 Å². The average Bonchev–Trinajstić information content (AvgIpc) is 2.81. The van der Waals surface area contributed by atoms with Gasteiger partial charge in [0.25, 0.3) is 5.78 Å². The van der Waals surface area contributed by atoms with E-state index in [-0.39, 0.29) is 11.8 Å². The predicted molar refractivity (Wildman–Crippen MR) is 76.2 cm³/mol. The Morgan fingerprint density at radius 3 is 2.65 bits per heavy atom. The average molecular weight is 275 g/mol. The Kier molecular flexibility index (Phi) is 4.32. The van der Waals surface area contributed by atoms with Crippen molar-refractivity contribution in [2.45, 2.75) is 47.1 Å². The van der Waals surface area contributed by atoms with Crippen LogP contribution in [0.25, 0.3) is 5.78 Å². The maximum atomic E-state index is 12.0. The fraction of sp³-hybridized carbons (Fsp3) is 0.571. The van der Waals surface area contributed by atoms with Gasteiger partial charge in [-0.1, -0.05) is 13.8 Å². The quantitative estimate of drug-likeness (QED) is 0.903. The lowest BCUT2D eigenvalue weighted by Gasteiger charge is -2.12. The zero-order valence-corrected chi connectivity index (χ0v) is 12.5. The number of carbonyl (C=O) groups is 1. The van der Waals surface area contributed by atoms with E-state index in [0.29, 0.717) is 18.1 Å². The maximum absolute atomic E-state index is 12.0. The van der Waals surface area contributed by atoms with Crippen molar-refractivity contribution >= 4 is 11.7 Å². The molecule has 0 saturated heterocycles. The standard InChI is InChI=1S/C14H21N5O/c1-5-11(6-2)13(20)15-8-12-17-18-14-16-9(3)7-10(4)19(12)14/h7,11H,5-6,8H2,1-4H3,(H,15,20). The van der Waals surface area contributed by atoms with Crippen LogP contribution in [0, 0.1) is 19.8 Å². The van der Waals surface area contributed by atoms with Crippen LogP contribution in [0.2, 0.25) is 0 Å². The maximum Gasteiger partial charge on any atom is 0.255 e. The molecular weight excluding hydrogens is 254 g/mol. The molecule has 0 atom stereocenters. The van der Waals surface area contributed by atoms with Crippen molar-refractivity contribution in [1.82, 2.24) is 24.9 Å². The van der Waals surface area contributed by atoms with Gasteiger partial charge in [-0.2, -0.15) is 0 Å². The third-order valence-electron chi connectivity index (χ3n) is 3.54. The first kappa shape index (κ1) is 14.4. The first-order valence-corrected chi connectivity index (χ1v) is 7.02. The SMILES string of the molecule is CCC(CC)C(=O)NCc1nnc2nc(C)cc(C)n12. The van der Waals surface area contributed by atoms with Crippen LogP contribution in [0.5, 0.6) is 0 Å². The van der Waals surface area contributed by atoms with Crippen LogP contribution >= 0.6 is 0 Å². The van der Waals surface area contributed by atoms with Gasteiger partial charge in [0.15, 0.2) is 5.82 Å².